The number of methoxy groups -OCH3 is 2. The van der Waals surface area contributed by atoms with Crippen molar-refractivity contribution >= 4 is 44.2 Å². The first-order valence-corrected chi connectivity index (χ1v) is 11.9. The second-order valence-corrected chi connectivity index (χ2v) is 9.04. The number of hydrogen-bond donors (Lipinski definition) is 1. The van der Waals surface area contributed by atoms with Gasteiger partial charge in [-0.3, -0.25) is 4.72 Å². The Morgan fingerprint density at radius 2 is 1.97 bits per heavy atom. The zero-order valence-electron chi connectivity index (χ0n) is 18.0. The minimum Gasteiger partial charge on any atom is -0.480 e. The van der Waals surface area contributed by atoms with Crippen LogP contribution in [0.1, 0.15) is 6.92 Å². The van der Waals surface area contributed by atoms with Crippen LogP contribution >= 0.6 is 11.6 Å². The number of sulfonamides is 1. The maximum atomic E-state index is 14.2. The zero-order valence-corrected chi connectivity index (χ0v) is 19.6. The molecule has 0 unspecified atom stereocenters. The Bertz CT molecular complexity index is 1240. The van der Waals surface area contributed by atoms with Gasteiger partial charge in [0.15, 0.2) is 0 Å². The number of aromatic nitrogens is 3. The molecule has 0 aliphatic rings. The van der Waals surface area contributed by atoms with E-state index in [1.807, 2.05) is 11.8 Å². The monoisotopic (exact) mass is 483 g/mol. The lowest BCUT2D eigenvalue weighted by Gasteiger charge is -2.22. The molecule has 3 rings (SSSR count). The third kappa shape index (κ3) is 5.34. The number of fused-ring (bicyclic) bond motifs is 1. The molecule has 0 spiro atoms. The van der Waals surface area contributed by atoms with Crippen molar-refractivity contribution in [1.29, 1.82) is 0 Å². The highest BCUT2D eigenvalue weighted by molar-refractivity contribution is 7.92. The number of anilines is 2. The Morgan fingerprint density at radius 3 is 2.59 bits per heavy atom. The van der Waals surface area contributed by atoms with Crippen LogP contribution in [-0.2, 0) is 14.8 Å². The summed E-state index contributed by atoms with van der Waals surface area (Å²) in [4.78, 5) is 15.3. The first kappa shape index (κ1) is 23.9. The molecule has 0 radical (unpaired) electrons. The summed E-state index contributed by atoms with van der Waals surface area (Å²) in [5.74, 6) is -0.103. The van der Waals surface area contributed by atoms with E-state index in [9.17, 15) is 12.8 Å². The van der Waals surface area contributed by atoms with E-state index >= 15 is 0 Å². The number of likely N-dealkylation sites (N-methyl/N-ethyl adjacent to an activating group) is 1. The summed E-state index contributed by atoms with van der Waals surface area (Å²) in [5, 5.41) is 0.488. The Kier molecular flexibility index (Phi) is 7.32. The van der Waals surface area contributed by atoms with Gasteiger partial charge in [-0.1, -0.05) is 11.6 Å². The van der Waals surface area contributed by atoms with E-state index in [0.717, 1.165) is 6.26 Å². The van der Waals surface area contributed by atoms with Crippen LogP contribution in [-0.4, -0.2) is 63.5 Å². The van der Waals surface area contributed by atoms with Gasteiger partial charge in [0.05, 0.1) is 36.2 Å². The highest BCUT2D eigenvalue weighted by atomic mass is 35.5. The van der Waals surface area contributed by atoms with Crippen molar-refractivity contribution in [3.8, 4) is 17.1 Å². The molecule has 9 nitrogen and oxygen atoms in total. The summed E-state index contributed by atoms with van der Waals surface area (Å²) in [6.45, 7) is 3.51. The molecule has 2 heterocycles. The van der Waals surface area contributed by atoms with Gasteiger partial charge in [0.25, 0.3) is 0 Å². The lowest BCUT2D eigenvalue weighted by atomic mass is 10.1. The molecule has 0 saturated heterocycles. The summed E-state index contributed by atoms with van der Waals surface area (Å²) in [5.41, 5.74) is 1.25. The van der Waals surface area contributed by atoms with Gasteiger partial charge in [-0.2, -0.15) is 0 Å². The maximum Gasteiger partial charge on any atom is 0.238 e. The molecule has 1 N–H and O–H groups in total. The highest BCUT2D eigenvalue weighted by Crippen LogP contribution is 2.35. The largest absolute Gasteiger partial charge is 0.480 e. The lowest BCUT2D eigenvalue weighted by molar-refractivity contribution is 0.205. The van der Waals surface area contributed by atoms with Gasteiger partial charge in [-0.05, 0) is 25.1 Å². The SMILES string of the molecule is CCN(CCOC)c1nc(-c2cnc(OC)c(NS(C)(=O)=O)c2)c2cc(F)cc(Cl)c2n1. The van der Waals surface area contributed by atoms with Crippen LogP contribution in [0.5, 0.6) is 5.88 Å². The second kappa shape index (κ2) is 9.80. The van der Waals surface area contributed by atoms with Crippen LogP contribution in [0, 0.1) is 5.82 Å². The molecule has 0 fully saturated rings. The fraction of sp³-hybridized carbons (Fsp3) is 0.350. The molecule has 0 aliphatic heterocycles. The fourth-order valence-electron chi connectivity index (χ4n) is 3.13. The Labute approximate surface area is 190 Å². The Morgan fingerprint density at radius 1 is 1.22 bits per heavy atom. The molecule has 0 atom stereocenters. The van der Waals surface area contributed by atoms with Crippen molar-refractivity contribution in [2.75, 3.05) is 49.8 Å². The number of halogens is 2. The molecular formula is C20H23ClFN5O4S. The average Bonchev–Trinajstić information content (AvgIpc) is 2.73. The van der Waals surface area contributed by atoms with Gasteiger partial charge in [0, 0.05) is 37.3 Å². The van der Waals surface area contributed by atoms with Crippen molar-refractivity contribution in [1.82, 2.24) is 15.0 Å². The summed E-state index contributed by atoms with van der Waals surface area (Å²) >= 11 is 6.31. The number of pyridine rings is 1. The molecule has 0 saturated carbocycles. The number of nitrogens with one attached hydrogen (secondary N) is 1. The van der Waals surface area contributed by atoms with E-state index in [0.29, 0.717) is 47.8 Å². The Balaban J connectivity index is 2.27. The summed E-state index contributed by atoms with van der Waals surface area (Å²) in [7, 11) is -0.637. The predicted molar refractivity (Wildman–Crippen MR) is 123 cm³/mol. The maximum absolute atomic E-state index is 14.2. The molecule has 0 bridgehead atoms. The van der Waals surface area contributed by atoms with Crippen molar-refractivity contribution in [2.45, 2.75) is 6.92 Å². The van der Waals surface area contributed by atoms with Crippen LogP contribution in [0.15, 0.2) is 24.4 Å². The van der Waals surface area contributed by atoms with Gasteiger partial charge in [0.2, 0.25) is 21.9 Å². The average molecular weight is 484 g/mol. The molecule has 32 heavy (non-hydrogen) atoms. The number of ether oxygens (including phenoxy) is 2. The first-order valence-electron chi connectivity index (χ1n) is 9.59. The number of hydrogen-bond acceptors (Lipinski definition) is 8. The standard InChI is InChI=1S/C20H23ClFN5O4S/c1-5-27(6-7-30-2)20-24-17(14-9-13(22)10-15(21)18(14)25-20)12-8-16(26-32(4,28)29)19(31-3)23-11-12/h8-11,26H,5-7H2,1-4H3. The van der Waals surface area contributed by atoms with E-state index in [4.69, 9.17) is 21.1 Å². The van der Waals surface area contributed by atoms with E-state index in [1.165, 1.54) is 31.5 Å². The molecule has 1 aromatic carbocycles. The molecule has 3 aromatic rings. The van der Waals surface area contributed by atoms with E-state index in [1.54, 1.807) is 7.11 Å². The number of nitrogens with zero attached hydrogens (tertiary/aromatic N) is 4. The molecule has 2 aromatic heterocycles. The second-order valence-electron chi connectivity index (χ2n) is 6.88. The van der Waals surface area contributed by atoms with Gasteiger partial charge in [-0.15, -0.1) is 0 Å². The third-order valence-corrected chi connectivity index (χ3v) is 5.43. The quantitative estimate of drug-likeness (QED) is 0.494. The normalized spacial score (nSPS) is 11.6. The van der Waals surface area contributed by atoms with Crippen LogP contribution in [0.25, 0.3) is 22.2 Å². The highest BCUT2D eigenvalue weighted by Gasteiger charge is 2.19. The molecule has 0 amide bonds. The molecule has 172 valence electrons. The predicted octanol–water partition coefficient (Wildman–Crippen LogP) is 3.34. The minimum atomic E-state index is -3.61. The van der Waals surface area contributed by atoms with Crippen molar-refractivity contribution in [3.05, 3.63) is 35.2 Å². The third-order valence-electron chi connectivity index (χ3n) is 4.55. The van der Waals surface area contributed by atoms with Crippen LogP contribution in [0.3, 0.4) is 0 Å². The van der Waals surface area contributed by atoms with Crippen LogP contribution in [0.2, 0.25) is 5.02 Å². The van der Waals surface area contributed by atoms with Crippen molar-refractivity contribution in [2.24, 2.45) is 0 Å². The fourth-order valence-corrected chi connectivity index (χ4v) is 3.92. The summed E-state index contributed by atoms with van der Waals surface area (Å²) in [6.07, 6.45) is 2.48. The zero-order chi connectivity index (χ0) is 23.5. The smallest absolute Gasteiger partial charge is 0.238 e. The van der Waals surface area contributed by atoms with Crippen LogP contribution < -0.4 is 14.4 Å². The lowest BCUT2D eigenvalue weighted by Crippen LogP contribution is -2.28. The summed E-state index contributed by atoms with van der Waals surface area (Å²) < 4.78 is 50.5. The Hall–Kier alpha value is -2.76. The minimum absolute atomic E-state index is 0.0808. The summed E-state index contributed by atoms with van der Waals surface area (Å²) in [6, 6.07) is 3.97. The van der Waals surface area contributed by atoms with Gasteiger partial charge < -0.3 is 14.4 Å². The van der Waals surface area contributed by atoms with E-state index in [2.05, 4.69) is 19.7 Å². The first-order chi connectivity index (χ1) is 15.2. The van der Waals surface area contributed by atoms with E-state index in [-0.39, 0.29) is 16.6 Å². The van der Waals surface area contributed by atoms with Crippen molar-refractivity contribution < 1.29 is 22.3 Å². The number of benzene rings is 1. The molecule has 0 aliphatic carbocycles. The molecule has 12 heteroatoms. The van der Waals surface area contributed by atoms with Gasteiger partial charge in [-0.25, -0.2) is 27.8 Å². The molecular weight excluding hydrogens is 461 g/mol. The van der Waals surface area contributed by atoms with E-state index < -0.39 is 15.8 Å². The topological polar surface area (TPSA) is 107 Å². The van der Waals surface area contributed by atoms with Crippen LogP contribution in [0.4, 0.5) is 16.0 Å². The van der Waals surface area contributed by atoms with Crippen molar-refractivity contribution in [3.63, 3.8) is 0 Å². The number of rotatable bonds is 9. The van der Waals surface area contributed by atoms with Gasteiger partial charge in [0.1, 0.15) is 11.5 Å². The van der Waals surface area contributed by atoms with Gasteiger partial charge >= 0.3 is 0 Å².